The number of fused-ring (bicyclic) bond motifs is 1. The lowest BCUT2D eigenvalue weighted by Crippen LogP contribution is -2.32. The third-order valence-corrected chi connectivity index (χ3v) is 4.59. The number of rotatable bonds is 2. The molecule has 0 amide bonds. The van der Waals surface area contributed by atoms with Crippen molar-refractivity contribution in [3.63, 3.8) is 0 Å². The molecule has 18 heavy (non-hydrogen) atoms. The zero-order chi connectivity index (χ0) is 12.5. The maximum atomic E-state index is 5.73. The van der Waals surface area contributed by atoms with Crippen LogP contribution in [0.3, 0.4) is 0 Å². The minimum Gasteiger partial charge on any atom is -0.384 e. The summed E-state index contributed by atoms with van der Waals surface area (Å²) in [6.07, 6.45) is 1.15. The predicted octanol–water partition coefficient (Wildman–Crippen LogP) is 2.84. The van der Waals surface area contributed by atoms with E-state index in [9.17, 15) is 0 Å². The molecule has 0 saturated heterocycles. The molecule has 4 heteroatoms. The lowest BCUT2D eigenvalue weighted by molar-refractivity contribution is 0.189. The number of nitrogen functional groups attached to an aromatic ring is 1. The van der Waals surface area contributed by atoms with Crippen LogP contribution in [0.2, 0.25) is 0 Å². The van der Waals surface area contributed by atoms with Gasteiger partial charge in [0.15, 0.2) is 0 Å². The van der Waals surface area contributed by atoms with Gasteiger partial charge in [-0.25, -0.2) is 4.98 Å². The maximum absolute atomic E-state index is 5.73. The molecule has 1 aliphatic rings. The highest BCUT2D eigenvalue weighted by Gasteiger charge is 2.24. The summed E-state index contributed by atoms with van der Waals surface area (Å²) in [6, 6.07) is 8.58. The summed E-state index contributed by atoms with van der Waals surface area (Å²) in [7, 11) is 0. The molecule has 1 aliphatic heterocycles. The monoisotopic (exact) mass is 259 g/mol. The molecule has 1 unspecified atom stereocenters. The molecule has 0 saturated carbocycles. The first-order valence-electron chi connectivity index (χ1n) is 6.26. The van der Waals surface area contributed by atoms with E-state index in [0.29, 0.717) is 11.9 Å². The maximum Gasteiger partial charge on any atom is 0.123 e. The first-order chi connectivity index (χ1) is 8.74. The van der Waals surface area contributed by atoms with Gasteiger partial charge in [0, 0.05) is 24.0 Å². The van der Waals surface area contributed by atoms with Crippen LogP contribution in [0.15, 0.2) is 29.6 Å². The van der Waals surface area contributed by atoms with Crippen LogP contribution in [-0.4, -0.2) is 16.4 Å². The van der Waals surface area contributed by atoms with Gasteiger partial charge in [0.2, 0.25) is 0 Å². The molecule has 3 heterocycles. The molecule has 3 rings (SSSR count). The van der Waals surface area contributed by atoms with E-state index in [4.69, 9.17) is 5.73 Å². The van der Waals surface area contributed by atoms with Crippen LogP contribution in [0.1, 0.15) is 29.1 Å². The summed E-state index contributed by atoms with van der Waals surface area (Å²) >= 11 is 1.88. The fourth-order valence-corrected chi connectivity index (χ4v) is 3.53. The highest BCUT2D eigenvalue weighted by Crippen LogP contribution is 2.33. The van der Waals surface area contributed by atoms with Crippen molar-refractivity contribution in [2.45, 2.75) is 25.9 Å². The van der Waals surface area contributed by atoms with Gasteiger partial charge in [-0.2, -0.15) is 0 Å². The molecule has 3 nitrogen and oxygen atoms in total. The van der Waals surface area contributed by atoms with Crippen molar-refractivity contribution in [1.29, 1.82) is 0 Å². The summed E-state index contributed by atoms with van der Waals surface area (Å²) in [5.74, 6) is 0.605. The minimum atomic E-state index is 0.475. The summed E-state index contributed by atoms with van der Waals surface area (Å²) in [5.41, 5.74) is 8.27. The van der Waals surface area contributed by atoms with E-state index in [0.717, 1.165) is 25.2 Å². The first-order valence-corrected chi connectivity index (χ1v) is 7.14. The fraction of sp³-hybridized carbons (Fsp3) is 0.357. The Hall–Kier alpha value is -1.39. The number of aromatic nitrogens is 1. The normalized spacial score (nSPS) is 19.7. The number of thiophene rings is 1. The number of nitrogens with zero attached hydrogens (tertiary/aromatic N) is 2. The van der Waals surface area contributed by atoms with Gasteiger partial charge in [-0.05, 0) is 42.5 Å². The Kier molecular flexibility index (Phi) is 3.06. The third kappa shape index (κ3) is 2.13. The zero-order valence-electron chi connectivity index (χ0n) is 10.5. The second-order valence-electron chi connectivity index (χ2n) is 4.75. The standard InChI is InChI=1S/C14H17N3S/c1-10-12-6-8-18-13(12)5-7-17(10)9-11-3-2-4-14(15)16-11/h2-4,6,8,10H,5,7,9H2,1H3,(H2,15,16). The summed E-state index contributed by atoms with van der Waals surface area (Å²) < 4.78 is 0. The van der Waals surface area contributed by atoms with Gasteiger partial charge in [0.25, 0.3) is 0 Å². The minimum absolute atomic E-state index is 0.475. The second kappa shape index (κ2) is 4.71. The summed E-state index contributed by atoms with van der Waals surface area (Å²) in [5, 5.41) is 2.20. The van der Waals surface area contributed by atoms with Crippen molar-refractivity contribution in [3.8, 4) is 0 Å². The number of anilines is 1. The quantitative estimate of drug-likeness (QED) is 0.901. The summed E-state index contributed by atoms with van der Waals surface area (Å²) in [6.45, 7) is 4.25. The Morgan fingerprint density at radius 3 is 3.17 bits per heavy atom. The van der Waals surface area contributed by atoms with Gasteiger partial charge in [-0.1, -0.05) is 6.07 Å². The molecule has 0 fully saturated rings. The average molecular weight is 259 g/mol. The van der Waals surface area contributed by atoms with E-state index in [1.807, 2.05) is 29.5 Å². The van der Waals surface area contributed by atoms with E-state index in [2.05, 4.69) is 28.3 Å². The molecule has 0 aromatic carbocycles. The second-order valence-corrected chi connectivity index (χ2v) is 5.75. The van der Waals surface area contributed by atoms with Crippen LogP contribution < -0.4 is 5.73 Å². The molecular formula is C14H17N3S. The Balaban J connectivity index is 1.79. The lowest BCUT2D eigenvalue weighted by atomic mass is 10.0. The van der Waals surface area contributed by atoms with Crippen LogP contribution >= 0.6 is 11.3 Å². The van der Waals surface area contributed by atoms with E-state index in [1.54, 1.807) is 4.88 Å². The van der Waals surface area contributed by atoms with Crippen molar-refractivity contribution >= 4 is 17.2 Å². The van der Waals surface area contributed by atoms with E-state index >= 15 is 0 Å². The zero-order valence-corrected chi connectivity index (χ0v) is 11.3. The van der Waals surface area contributed by atoms with Crippen molar-refractivity contribution in [2.24, 2.45) is 0 Å². The largest absolute Gasteiger partial charge is 0.384 e. The Morgan fingerprint density at radius 2 is 2.33 bits per heavy atom. The smallest absolute Gasteiger partial charge is 0.123 e. The van der Waals surface area contributed by atoms with Crippen LogP contribution in [-0.2, 0) is 13.0 Å². The molecule has 0 bridgehead atoms. The van der Waals surface area contributed by atoms with Crippen molar-refractivity contribution < 1.29 is 0 Å². The van der Waals surface area contributed by atoms with Crippen LogP contribution in [0, 0.1) is 0 Å². The number of hydrogen-bond donors (Lipinski definition) is 1. The van der Waals surface area contributed by atoms with Crippen molar-refractivity contribution in [1.82, 2.24) is 9.88 Å². The molecule has 94 valence electrons. The van der Waals surface area contributed by atoms with Crippen LogP contribution in [0.5, 0.6) is 0 Å². The predicted molar refractivity (Wildman–Crippen MR) is 75.5 cm³/mol. The van der Waals surface area contributed by atoms with E-state index < -0.39 is 0 Å². The van der Waals surface area contributed by atoms with Gasteiger partial charge < -0.3 is 5.73 Å². The lowest BCUT2D eigenvalue weighted by Gasteiger charge is -2.33. The molecule has 0 aliphatic carbocycles. The average Bonchev–Trinajstić information content (AvgIpc) is 2.82. The molecule has 1 atom stereocenters. The Labute approximate surface area is 111 Å². The molecule has 0 spiro atoms. The van der Waals surface area contributed by atoms with E-state index in [-0.39, 0.29) is 0 Å². The Morgan fingerprint density at radius 1 is 1.44 bits per heavy atom. The highest BCUT2D eigenvalue weighted by molar-refractivity contribution is 7.10. The number of nitrogens with two attached hydrogens (primary N) is 1. The molecule has 0 radical (unpaired) electrons. The molecule has 2 N–H and O–H groups in total. The van der Waals surface area contributed by atoms with Gasteiger partial charge in [0.1, 0.15) is 5.82 Å². The third-order valence-electron chi connectivity index (χ3n) is 3.60. The Bertz CT molecular complexity index is 549. The van der Waals surface area contributed by atoms with Crippen molar-refractivity contribution in [2.75, 3.05) is 12.3 Å². The van der Waals surface area contributed by atoms with Crippen LogP contribution in [0.25, 0.3) is 0 Å². The van der Waals surface area contributed by atoms with Gasteiger partial charge >= 0.3 is 0 Å². The van der Waals surface area contributed by atoms with E-state index in [1.165, 1.54) is 5.56 Å². The van der Waals surface area contributed by atoms with Crippen LogP contribution in [0.4, 0.5) is 5.82 Å². The van der Waals surface area contributed by atoms with Gasteiger partial charge in [0.05, 0.1) is 5.69 Å². The summed E-state index contributed by atoms with van der Waals surface area (Å²) in [4.78, 5) is 8.39. The highest BCUT2D eigenvalue weighted by atomic mass is 32.1. The molecular weight excluding hydrogens is 242 g/mol. The molecule has 2 aromatic heterocycles. The topological polar surface area (TPSA) is 42.1 Å². The van der Waals surface area contributed by atoms with Gasteiger partial charge in [-0.15, -0.1) is 11.3 Å². The van der Waals surface area contributed by atoms with Gasteiger partial charge in [-0.3, -0.25) is 4.90 Å². The first kappa shape index (κ1) is 11.7. The van der Waals surface area contributed by atoms with Crippen molar-refractivity contribution in [3.05, 3.63) is 45.8 Å². The SMILES string of the molecule is CC1c2ccsc2CCN1Cc1cccc(N)n1. The number of pyridine rings is 1. The molecule has 2 aromatic rings. The fourth-order valence-electron chi connectivity index (χ4n) is 2.57. The number of hydrogen-bond acceptors (Lipinski definition) is 4.